The van der Waals surface area contributed by atoms with E-state index in [1.165, 1.54) is 5.57 Å². The van der Waals surface area contributed by atoms with Crippen molar-refractivity contribution in [2.24, 2.45) is 12.0 Å². The molecule has 0 saturated carbocycles. The van der Waals surface area contributed by atoms with Gasteiger partial charge in [0.25, 0.3) is 0 Å². The van der Waals surface area contributed by atoms with Gasteiger partial charge in [-0.2, -0.15) is 0 Å². The van der Waals surface area contributed by atoms with Crippen LogP contribution in [0.4, 0.5) is 0 Å². The quantitative estimate of drug-likeness (QED) is 0.465. The molecule has 2 N–H and O–H groups in total. The first-order valence-corrected chi connectivity index (χ1v) is 8.76. The number of aromatic nitrogens is 3. The summed E-state index contributed by atoms with van der Waals surface area (Å²) in [6.45, 7) is 14.7. The van der Waals surface area contributed by atoms with Crippen molar-refractivity contribution < 1.29 is 0 Å². The zero-order valence-corrected chi connectivity index (χ0v) is 15.5. The summed E-state index contributed by atoms with van der Waals surface area (Å²) in [4.78, 5) is 7.13. The molecule has 1 saturated heterocycles. The van der Waals surface area contributed by atoms with Crippen LogP contribution in [0.3, 0.4) is 0 Å². The Kier molecular flexibility index (Phi) is 6.78. The Hall–Kier alpha value is -1.89. The zero-order valence-electron chi connectivity index (χ0n) is 15.5. The Labute approximate surface area is 145 Å². The number of nitrogens with zero attached hydrogens (tertiary/aromatic N) is 5. The summed E-state index contributed by atoms with van der Waals surface area (Å²) in [5.74, 6) is 2.64. The number of rotatable bonds is 6. The SMILES string of the molecule is C=C(C)CN1CCC(NC(=NCc2nnc(C)n2C)NCC)CC1. The molecule has 0 amide bonds. The molecule has 2 heterocycles. The highest BCUT2D eigenvalue weighted by atomic mass is 15.3. The van der Waals surface area contributed by atoms with E-state index in [2.05, 4.69) is 51.1 Å². The average molecular weight is 333 g/mol. The molecule has 0 bridgehead atoms. The van der Waals surface area contributed by atoms with E-state index in [9.17, 15) is 0 Å². The van der Waals surface area contributed by atoms with Gasteiger partial charge in [0.05, 0.1) is 0 Å². The number of hydrogen-bond donors (Lipinski definition) is 2. The molecule has 1 aromatic heterocycles. The topological polar surface area (TPSA) is 70.4 Å². The number of guanidine groups is 1. The number of piperidine rings is 1. The van der Waals surface area contributed by atoms with Gasteiger partial charge in [-0.15, -0.1) is 10.2 Å². The number of aliphatic imine (C=N–C) groups is 1. The molecule has 0 unspecified atom stereocenters. The molecular formula is C17H31N7. The number of aryl methyl sites for hydroxylation is 1. The summed E-state index contributed by atoms with van der Waals surface area (Å²) in [7, 11) is 1.97. The Bertz CT molecular complexity index is 567. The van der Waals surface area contributed by atoms with Gasteiger partial charge in [-0.3, -0.25) is 4.90 Å². The summed E-state index contributed by atoms with van der Waals surface area (Å²) >= 11 is 0. The van der Waals surface area contributed by atoms with Crippen molar-refractivity contribution in [2.75, 3.05) is 26.2 Å². The van der Waals surface area contributed by atoms with Crippen LogP contribution in [0, 0.1) is 6.92 Å². The van der Waals surface area contributed by atoms with Gasteiger partial charge < -0.3 is 15.2 Å². The van der Waals surface area contributed by atoms with Crippen LogP contribution in [-0.2, 0) is 13.6 Å². The fraction of sp³-hybridized carbons (Fsp3) is 0.706. The van der Waals surface area contributed by atoms with Crippen LogP contribution in [0.1, 0.15) is 38.3 Å². The molecule has 0 aliphatic carbocycles. The van der Waals surface area contributed by atoms with E-state index in [-0.39, 0.29) is 0 Å². The summed E-state index contributed by atoms with van der Waals surface area (Å²) in [6, 6.07) is 0.463. The highest BCUT2D eigenvalue weighted by molar-refractivity contribution is 5.80. The highest BCUT2D eigenvalue weighted by Gasteiger charge is 2.19. The molecule has 1 aliphatic rings. The predicted molar refractivity (Wildman–Crippen MR) is 98.0 cm³/mol. The van der Waals surface area contributed by atoms with Gasteiger partial charge in [0.15, 0.2) is 11.8 Å². The lowest BCUT2D eigenvalue weighted by molar-refractivity contribution is 0.221. The molecule has 0 atom stereocenters. The lowest BCUT2D eigenvalue weighted by Gasteiger charge is -2.33. The van der Waals surface area contributed by atoms with Crippen LogP contribution in [0.2, 0.25) is 0 Å². The monoisotopic (exact) mass is 333 g/mol. The zero-order chi connectivity index (χ0) is 17.5. The molecule has 0 spiro atoms. The molecule has 0 radical (unpaired) electrons. The van der Waals surface area contributed by atoms with Crippen LogP contribution in [0.15, 0.2) is 17.1 Å². The summed E-state index contributed by atoms with van der Waals surface area (Å²) in [5.41, 5.74) is 1.23. The highest BCUT2D eigenvalue weighted by Crippen LogP contribution is 2.11. The van der Waals surface area contributed by atoms with Crippen molar-refractivity contribution in [1.29, 1.82) is 0 Å². The van der Waals surface area contributed by atoms with E-state index in [1.807, 2.05) is 18.5 Å². The van der Waals surface area contributed by atoms with Crippen molar-refractivity contribution in [1.82, 2.24) is 30.3 Å². The van der Waals surface area contributed by atoms with Crippen LogP contribution >= 0.6 is 0 Å². The maximum atomic E-state index is 4.66. The third-order valence-corrected chi connectivity index (χ3v) is 4.33. The van der Waals surface area contributed by atoms with Gasteiger partial charge in [0.1, 0.15) is 12.4 Å². The summed E-state index contributed by atoms with van der Waals surface area (Å²) in [6.07, 6.45) is 2.25. The molecule has 0 aromatic carbocycles. The van der Waals surface area contributed by atoms with Crippen molar-refractivity contribution in [2.45, 2.75) is 46.2 Å². The lowest BCUT2D eigenvalue weighted by Crippen LogP contribution is -2.48. The molecule has 1 fully saturated rings. The first kappa shape index (κ1) is 18.4. The van der Waals surface area contributed by atoms with Gasteiger partial charge in [0, 0.05) is 39.3 Å². The molecule has 1 aliphatic heterocycles. The summed E-state index contributed by atoms with van der Waals surface area (Å²) < 4.78 is 1.98. The van der Waals surface area contributed by atoms with E-state index in [4.69, 9.17) is 0 Å². The fourth-order valence-electron chi connectivity index (χ4n) is 2.87. The molecule has 2 rings (SSSR count). The lowest BCUT2D eigenvalue weighted by atomic mass is 10.0. The van der Waals surface area contributed by atoms with Gasteiger partial charge >= 0.3 is 0 Å². The maximum Gasteiger partial charge on any atom is 0.191 e. The van der Waals surface area contributed by atoms with Gasteiger partial charge in [-0.25, -0.2) is 4.99 Å². The second-order valence-corrected chi connectivity index (χ2v) is 6.57. The molecule has 24 heavy (non-hydrogen) atoms. The molecule has 7 heteroatoms. The third-order valence-electron chi connectivity index (χ3n) is 4.33. The normalized spacial score (nSPS) is 17.1. The first-order chi connectivity index (χ1) is 11.5. The average Bonchev–Trinajstić information content (AvgIpc) is 2.86. The van der Waals surface area contributed by atoms with Crippen LogP contribution in [-0.4, -0.2) is 57.8 Å². The molecule has 134 valence electrons. The van der Waals surface area contributed by atoms with Crippen molar-refractivity contribution in [3.05, 3.63) is 23.8 Å². The van der Waals surface area contributed by atoms with E-state index >= 15 is 0 Å². The standard InChI is InChI=1S/C17H31N7/c1-6-18-17(19-11-16-22-21-14(4)23(16)5)20-15-7-9-24(10-8-15)12-13(2)3/h15H,2,6-12H2,1,3-5H3,(H2,18,19,20). The van der Waals surface area contributed by atoms with Gasteiger partial charge in [-0.1, -0.05) is 12.2 Å². The van der Waals surface area contributed by atoms with Crippen molar-refractivity contribution in [3.63, 3.8) is 0 Å². The molecule has 7 nitrogen and oxygen atoms in total. The maximum absolute atomic E-state index is 4.66. The Balaban J connectivity index is 1.88. The minimum absolute atomic E-state index is 0.463. The minimum Gasteiger partial charge on any atom is -0.357 e. The number of hydrogen-bond acceptors (Lipinski definition) is 4. The van der Waals surface area contributed by atoms with Crippen molar-refractivity contribution >= 4 is 5.96 Å². The van der Waals surface area contributed by atoms with Crippen LogP contribution in [0.5, 0.6) is 0 Å². The predicted octanol–water partition coefficient (Wildman–Crippen LogP) is 1.22. The van der Waals surface area contributed by atoms with Crippen LogP contribution < -0.4 is 10.6 Å². The van der Waals surface area contributed by atoms with Crippen molar-refractivity contribution in [3.8, 4) is 0 Å². The minimum atomic E-state index is 0.463. The van der Waals surface area contributed by atoms with E-state index in [1.54, 1.807) is 0 Å². The Morgan fingerprint density at radius 3 is 2.58 bits per heavy atom. The largest absolute Gasteiger partial charge is 0.357 e. The molecule has 1 aromatic rings. The van der Waals surface area contributed by atoms with E-state index in [0.29, 0.717) is 12.6 Å². The second kappa shape index (κ2) is 8.82. The molecular weight excluding hydrogens is 302 g/mol. The first-order valence-electron chi connectivity index (χ1n) is 8.76. The number of likely N-dealkylation sites (tertiary alicyclic amines) is 1. The Morgan fingerprint density at radius 1 is 1.33 bits per heavy atom. The third kappa shape index (κ3) is 5.33. The smallest absolute Gasteiger partial charge is 0.191 e. The van der Waals surface area contributed by atoms with E-state index < -0.39 is 0 Å². The van der Waals surface area contributed by atoms with E-state index in [0.717, 1.165) is 56.6 Å². The summed E-state index contributed by atoms with van der Waals surface area (Å²) in [5, 5.41) is 15.1. The van der Waals surface area contributed by atoms with Gasteiger partial charge in [0.2, 0.25) is 0 Å². The van der Waals surface area contributed by atoms with Crippen LogP contribution in [0.25, 0.3) is 0 Å². The van der Waals surface area contributed by atoms with Gasteiger partial charge in [-0.05, 0) is 33.6 Å². The Morgan fingerprint density at radius 2 is 2.04 bits per heavy atom. The second-order valence-electron chi connectivity index (χ2n) is 6.57. The number of nitrogens with one attached hydrogen (secondary N) is 2. The fourth-order valence-corrected chi connectivity index (χ4v) is 2.87.